The molecule has 0 amide bonds. The molecule has 0 saturated carbocycles. The maximum absolute atomic E-state index is 4.66. The Morgan fingerprint density at radius 1 is 1.10 bits per heavy atom. The molecule has 2 rings (SSSR count). The summed E-state index contributed by atoms with van der Waals surface area (Å²) in [7, 11) is 0. The number of benzene rings is 1. The van der Waals surface area contributed by atoms with E-state index in [0.29, 0.717) is 0 Å². The van der Waals surface area contributed by atoms with E-state index in [1.165, 1.54) is 5.56 Å². The molecule has 0 atom stereocenters. The molecule has 0 saturated heterocycles. The Kier molecular flexibility index (Phi) is 5.76. The van der Waals surface area contributed by atoms with E-state index in [-0.39, 0.29) is 0 Å². The van der Waals surface area contributed by atoms with Crippen molar-refractivity contribution in [2.75, 3.05) is 11.9 Å². The molecule has 3 nitrogen and oxygen atoms in total. The number of anilines is 1. The molecule has 0 spiro atoms. The van der Waals surface area contributed by atoms with Gasteiger partial charge < -0.3 is 5.32 Å². The summed E-state index contributed by atoms with van der Waals surface area (Å²) in [6.45, 7) is 5.15. The van der Waals surface area contributed by atoms with Crippen LogP contribution in [-0.4, -0.2) is 16.5 Å². The summed E-state index contributed by atoms with van der Waals surface area (Å²) < 4.78 is 1.12. The lowest BCUT2D eigenvalue weighted by Gasteiger charge is -2.10. The van der Waals surface area contributed by atoms with Gasteiger partial charge in [-0.25, -0.2) is 9.97 Å². The van der Waals surface area contributed by atoms with Crippen molar-refractivity contribution in [3.63, 3.8) is 0 Å². The van der Waals surface area contributed by atoms with Crippen LogP contribution in [0.15, 0.2) is 30.3 Å². The molecule has 0 aliphatic heterocycles. The lowest BCUT2D eigenvalue weighted by Crippen LogP contribution is -2.09. The standard InChI is InChI=1S/C16H20IN3/c1-3-11-18-16-15(17)12(2)19-14(20-16)10-9-13-7-5-4-6-8-13/h4-8H,3,9-11H2,1-2H3,(H,18,19,20). The molecular formula is C16H20IN3. The van der Waals surface area contributed by atoms with Gasteiger partial charge in [-0.3, -0.25) is 0 Å². The fourth-order valence-electron chi connectivity index (χ4n) is 1.99. The van der Waals surface area contributed by atoms with Gasteiger partial charge in [0.05, 0.1) is 9.26 Å². The molecule has 4 heteroatoms. The Hall–Kier alpha value is -1.17. The van der Waals surface area contributed by atoms with Crippen molar-refractivity contribution >= 4 is 28.4 Å². The molecule has 1 N–H and O–H groups in total. The van der Waals surface area contributed by atoms with Gasteiger partial charge >= 0.3 is 0 Å². The first kappa shape index (κ1) is 15.2. The highest BCUT2D eigenvalue weighted by molar-refractivity contribution is 14.1. The van der Waals surface area contributed by atoms with Crippen molar-refractivity contribution in [3.05, 3.63) is 51.0 Å². The molecule has 0 aliphatic rings. The molecule has 106 valence electrons. The SMILES string of the molecule is CCCNc1nc(CCc2ccccc2)nc(C)c1I. The fraction of sp³-hybridized carbons (Fsp3) is 0.375. The highest BCUT2D eigenvalue weighted by Gasteiger charge is 2.08. The van der Waals surface area contributed by atoms with Crippen LogP contribution in [0, 0.1) is 10.5 Å². The zero-order chi connectivity index (χ0) is 14.4. The Labute approximate surface area is 134 Å². The van der Waals surface area contributed by atoms with E-state index >= 15 is 0 Å². The summed E-state index contributed by atoms with van der Waals surface area (Å²) in [5.41, 5.74) is 2.39. The van der Waals surface area contributed by atoms with E-state index < -0.39 is 0 Å². The van der Waals surface area contributed by atoms with Crippen molar-refractivity contribution in [3.8, 4) is 0 Å². The Morgan fingerprint density at radius 3 is 2.55 bits per heavy atom. The van der Waals surface area contributed by atoms with E-state index in [0.717, 1.165) is 46.7 Å². The minimum absolute atomic E-state index is 0.878. The second kappa shape index (κ2) is 7.57. The fourth-order valence-corrected chi connectivity index (χ4v) is 2.42. The average molecular weight is 381 g/mol. The van der Waals surface area contributed by atoms with E-state index in [2.05, 4.69) is 69.1 Å². The topological polar surface area (TPSA) is 37.8 Å². The summed E-state index contributed by atoms with van der Waals surface area (Å²) in [6.07, 6.45) is 2.95. The van der Waals surface area contributed by atoms with E-state index in [1.807, 2.05) is 13.0 Å². The predicted octanol–water partition coefficient (Wildman–Crippen LogP) is 4.00. The van der Waals surface area contributed by atoms with Gasteiger partial charge in [0.15, 0.2) is 0 Å². The first-order valence-corrected chi connectivity index (χ1v) is 8.09. The zero-order valence-corrected chi connectivity index (χ0v) is 14.1. The Balaban J connectivity index is 2.09. The molecular weight excluding hydrogens is 361 g/mol. The van der Waals surface area contributed by atoms with E-state index in [4.69, 9.17) is 0 Å². The second-order valence-electron chi connectivity index (χ2n) is 4.80. The van der Waals surface area contributed by atoms with Crippen LogP contribution >= 0.6 is 22.6 Å². The molecule has 0 unspecified atom stereocenters. The smallest absolute Gasteiger partial charge is 0.143 e. The molecule has 1 aromatic heterocycles. The summed E-state index contributed by atoms with van der Waals surface area (Å²) in [5.74, 6) is 1.90. The molecule has 0 aliphatic carbocycles. The van der Waals surface area contributed by atoms with Crippen LogP contribution in [0.25, 0.3) is 0 Å². The number of nitrogens with one attached hydrogen (secondary N) is 1. The summed E-state index contributed by atoms with van der Waals surface area (Å²) in [6, 6.07) is 10.5. The first-order valence-electron chi connectivity index (χ1n) is 7.01. The maximum atomic E-state index is 4.66. The van der Waals surface area contributed by atoms with Gasteiger partial charge in [-0.05, 0) is 47.9 Å². The minimum atomic E-state index is 0.878. The third kappa shape index (κ3) is 4.16. The number of hydrogen-bond acceptors (Lipinski definition) is 3. The lowest BCUT2D eigenvalue weighted by atomic mass is 10.1. The molecule has 2 aromatic rings. The normalized spacial score (nSPS) is 10.6. The molecule has 0 bridgehead atoms. The third-order valence-electron chi connectivity index (χ3n) is 3.09. The molecule has 0 radical (unpaired) electrons. The number of halogens is 1. The van der Waals surface area contributed by atoms with Crippen molar-refractivity contribution in [1.82, 2.24) is 9.97 Å². The number of hydrogen-bond donors (Lipinski definition) is 1. The number of aryl methyl sites for hydroxylation is 3. The van der Waals surface area contributed by atoms with Crippen LogP contribution in [0.4, 0.5) is 5.82 Å². The van der Waals surface area contributed by atoms with Gasteiger partial charge in [-0.15, -0.1) is 0 Å². The third-order valence-corrected chi connectivity index (χ3v) is 4.38. The van der Waals surface area contributed by atoms with Crippen molar-refractivity contribution in [1.29, 1.82) is 0 Å². The van der Waals surface area contributed by atoms with Gasteiger partial charge in [-0.1, -0.05) is 37.3 Å². The Morgan fingerprint density at radius 2 is 1.85 bits per heavy atom. The highest BCUT2D eigenvalue weighted by Crippen LogP contribution is 2.19. The van der Waals surface area contributed by atoms with Gasteiger partial charge in [-0.2, -0.15) is 0 Å². The van der Waals surface area contributed by atoms with Gasteiger partial charge in [0, 0.05) is 13.0 Å². The quantitative estimate of drug-likeness (QED) is 0.769. The zero-order valence-electron chi connectivity index (χ0n) is 12.0. The lowest BCUT2D eigenvalue weighted by molar-refractivity contribution is 0.838. The van der Waals surface area contributed by atoms with Crippen LogP contribution in [0.1, 0.15) is 30.4 Å². The van der Waals surface area contributed by atoms with Crippen LogP contribution in [0.5, 0.6) is 0 Å². The second-order valence-corrected chi connectivity index (χ2v) is 5.88. The molecule has 1 aromatic carbocycles. The van der Waals surface area contributed by atoms with Gasteiger partial charge in [0.25, 0.3) is 0 Å². The molecule has 20 heavy (non-hydrogen) atoms. The van der Waals surface area contributed by atoms with Crippen LogP contribution < -0.4 is 5.32 Å². The maximum Gasteiger partial charge on any atom is 0.143 e. The number of aromatic nitrogens is 2. The van der Waals surface area contributed by atoms with Crippen LogP contribution in [-0.2, 0) is 12.8 Å². The van der Waals surface area contributed by atoms with Crippen LogP contribution in [0.3, 0.4) is 0 Å². The molecule has 0 fully saturated rings. The molecule has 1 heterocycles. The van der Waals surface area contributed by atoms with Crippen molar-refractivity contribution in [2.45, 2.75) is 33.1 Å². The summed E-state index contributed by atoms with van der Waals surface area (Å²) in [4.78, 5) is 9.25. The number of nitrogens with zero attached hydrogens (tertiary/aromatic N) is 2. The van der Waals surface area contributed by atoms with Crippen molar-refractivity contribution < 1.29 is 0 Å². The largest absolute Gasteiger partial charge is 0.369 e. The first-order chi connectivity index (χ1) is 9.70. The van der Waals surface area contributed by atoms with Crippen molar-refractivity contribution in [2.24, 2.45) is 0 Å². The van der Waals surface area contributed by atoms with E-state index in [1.54, 1.807) is 0 Å². The number of rotatable bonds is 6. The van der Waals surface area contributed by atoms with Gasteiger partial charge in [0.1, 0.15) is 11.6 Å². The Bertz CT molecular complexity index is 555. The van der Waals surface area contributed by atoms with E-state index in [9.17, 15) is 0 Å². The van der Waals surface area contributed by atoms with Crippen LogP contribution in [0.2, 0.25) is 0 Å². The minimum Gasteiger partial charge on any atom is -0.369 e. The monoisotopic (exact) mass is 381 g/mol. The highest BCUT2D eigenvalue weighted by atomic mass is 127. The predicted molar refractivity (Wildman–Crippen MR) is 92.1 cm³/mol. The van der Waals surface area contributed by atoms with Gasteiger partial charge in [0.2, 0.25) is 0 Å². The average Bonchev–Trinajstić information content (AvgIpc) is 2.48. The summed E-state index contributed by atoms with van der Waals surface area (Å²) in [5, 5.41) is 3.38. The summed E-state index contributed by atoms with van der Waals surface area (Å²) >= 11 is 2.31.